The normalized spacial score (nSPS) is 27.8. The lowest BCUT2D eigenvalue weighted by Gasteiger charge is -2.29. The van der Waals surface area contributed by atoms with Crippen molar-refractivity contribution in [3.8, 4) is 0 Å². The van der Waals surface area contributed by atoms with Gasteiger partial charge in [-0.2, -0.15) is 0 Å². The number of hydrogen-bond acceptors (Lipinski definition) is 2. The van der Waals surface area contributed by atoms with Crippen LogP contribution in [-0.4, -0.2) is 17.4 Å². The molecule has 3 rings (SSSR count). The molecule has 2 N–H and O–H groups in total. The minimum Gasteiger partial charge on any atom is -0.398 e. The van der Waals surface area contributed by atoms with Crippen molar-refractivity contribution in [1.82, 2.24) is 4.90 Å². The van der Waals surface area contributed by atoms with Gasteiger partial charge in [0.1, 0.15) is 0 Å². The molecule has 0 radical (unpaired) electrons. The third kappa shape index (κ3) is 2.41. The molecule has 1 amide bonds. The van der Waals surface area contributed by atoms with E-state index in [-0.39, 0.29) is 5.92 Å². The summed E-state index contributed by atoms with van der Waals surface area (Å²) in [4.78, 5) is 14.8. The molecule has 3 atom stereocenters. The van der Waals surface area contributed by atoms with Crippen molar-refractivity contribution >= 4 is 11.6 Å². The molecular weight excluding hydrogens is 248 g/mol. The molecule has 1 aromatic rings. The molecule has 2 bridgehead atoms. The second kappa shape index (κ2) is 5.47. The Balaban J connectivity index is 1.70. The van der Waals surface area contributed by atoms with Gasteiger partial charge >= 0.3 is 0 Å². The highest BCUT2D eigenvalue weighted by atomic mass is 16.2. The quantitative estimate of drug-likeness (QED) is 0.856. The summed E-state index contributed by atoms with van der Waals surface area (Å²) in [5, 5.41) is 0. The van der Waals surface area contributed by atoms with Gasteiger partial charge in [-0.25, -0.2) is 0 Å². The van der Waals surface area contributed by atoms with E-state index < -0.39 is 0 Å². The third-order valence-corrected chi connectivity index (χ3v) is 5.16. The number of carbonyl (C=O) groups is 1. The fraction of sp³-hybridized carbons (Fsp3) is 0.588. The number of anilines is 1. The first-order chi connectivity index (χ1) is 9.69. The van der Waals surface area contributed by atoms with Crippen molar-refractivity contribution in [3.05, 3.63) is 29.8 Å². The summed E-state index contributed by atoms with van der Waals surface area (Å²) in [6, 6.07) is 7.85. The zero-order chi connectivity index (χ0) is 14.1. The van der Waals surface area contributed by atoms with Crippen molar-refractivity contribution in [1.29, 1.82) is 0 Å². The van der Waals surface area contributed by atoms with Crippen molar-refractivity contribution in [2.24, 2.45) is 17.8 Å². The zero-order valence-electron chi connectivity index (χ0n) is 12.2. The Labute approximate surface area is 121 Å². The molecule has 2 saturated carbocycles. The van der Waals surface area contributed by atoms with Gasteiger partial charge < -0.3 is 10.6 Å². The predicted molar refractivity (Wildman–Crippen MR) is 80.9 cm³/mol. The second-order valence-corrected chi connectivity index (χ2v) is 6.33. The Kier molecular flexibility index (Phi) is 3.68. The lowest BCUT2D eigenvalue weighted by Crippen LogP contribution is -2.37. The maximum absolute atomic E-state index is 12.8. The molecule has 3 unspecified atom stereocenters. The van der Waals surface area contributed by atoms with Crippen LogP contribution < -0.4 is 5.73 Å². The molecule has 1 aromatic carbocycles. The van der Waals surface area contributed by atoms with Crippen LogP contribution in [0.15, 0.2) is 24.3 Å². The molecule has 0 aromatic heterocycles. The van der Waals surface area contributed by atoms with Gasteiger partial charge in [-0.15, -0.1) is 0 Å². The molecule has 0 heterocycles. The average molecular weight is 272 g/mol. The van der Waals surface area contributed by atoms with Crippen LogP contribution in [-0.2, 0) is 11.3 Å². The minimum absolute atomic E-state index is 0.277. The lowest BCUT2D eigenvalue weighted by molar-refractivity contribution is -0.137. The standard InChI is InChI=1S/C17H24N2O/c1-2-19(11-14-5-3-4-6-16(14)18)17(20)15-10-12-7-8-13(15)9-12/h3-6,12-13,15H,2,7-11,18H2,1H3. The van der Waals surface area contributed by atoms with Crippen LogP contribution >= 0.6 is 0 Å². The monoisotopic (exact) mass is 272 g/mol. The van der Waals surface area contributed by atoms with E-state index in [9.17, 15) is 4.79 Å². The van der Waals surface area contributed by atoms with Crippen molar-refractivity contribution in [3.63, 3.8) is 0 Å². The second-order valence-electron chi connectivity index (χ2n) is 6.33. The summed E-state index contributed by atoms with van der Waals surface area (Å²) in [5.74, 6) is 2.09. The number of carbonyl (C=O) groups excluding carboxylic acids is 1. The molecule has 0 aliphatic heterocycles. The Hall–Kier alpha value is -1.51. The maximum atomic E-state index is 12.8. The van der Waals surface area contributed by atoms with E-state index in [0.29, 0.717) is 18.4 Å². The van der Waals surface area contributed by atoms with Crippen LogP contribution in [0.5, 0.6) is 0 Å². The molecule has 2 fully saturated rings. The van der Waals surface area contributed by atoms with E-state index in [1.165, 1.54) is 19.3 Å². The SMILES string of the molecule is CCN(Cc1ccccc1N)C(=O)C1CC2CCC1C2. The van der Waals surface area contributed by atoms with E-state index in [2.05, 4.69) is 6.92 Å². The van der Waals surface area contributed by atoms with Gasteiger partial charge in [0.25, 0.3) is 0 Å². The third-order valence-electron chi connectivity index (χ3n) is 5.16. The van der Waals surface area contributed by atoms with Crippen molar-refractivity contribution < 1.29 is 4.79 Å². The summed E-state index contributed by atoms with van der Waals surface area (Å²) < 4.78 is 0. The predicted octanol–water partition coefficient (Wildman–Crippen LogP) is 3.05. The van der Waals surface area contributed by atoms with E-state index >= 15 is 0 Å². The lowest BCUT2D eigenvalue weighted by atomic mass is 9.87. The first-order valence-corrected chi connectivity index (χ1v) is 7.81. The number of fused-ring (bicyclic) bond motifs is 2. The van der Waals surface area contributed by atoms with Gasteiger partial charge in [0.05, 0.1) is 0 Å². The van der Waals surface area contributed by atoms with E-state index in [0.717, 1.165) is 30.1 Å². The smallest absolute Gasteiger partial charge is 0.226 e. The minimum atomic E-state index is 0.277. The van der Waals surface area contributed by atoms with Crippen LogP contribution in [0, 0.1) is 17.8 Å². The highest BCUT2D eigenvalue weighted by Gasteiger charge is 2.44. The van der Waals surface area contributed by atoms with Gasteiger partial charge in [0.15, 0.2) is 0 Å². The number of nitrogens with zero attached hydrogens (tertiary/aromatic N) is 1. The summed E-state index contributed by atoms with van der Waals surface area (Å²) in [7, 11) is 0. The first kappa shape index (κ1) is 13.5. The molecule has 20 heavy (non-hydrogen) atoms. The highest BCUT2D eigenvalue weighted by Crippen LogP contribution is 2.48. The molecule has 2 aliphatic rings. The van der Waals surface area contributed by atoms with Crippen molar-refractivity contribution in [2.45, 2.75) is 39.2 Å². The van der Waals surface area contributed by atoms with E-state index in [1.807, 2.05) is 29.2 Å². The molecule has 0 saturated heterocycles. The van der Waals surface area contributed by atoms with Crippen molar-refractivity contribution in [2.75, 3.05) is 12.3 Å². The molecule has 0 spiro atoms. The van der Waals surface area contributed by atoms with E-state index in [1.54, 1.807) is 0 Å². The van der Waals surface area contributed by atoms with Gasteiger partial charge in [-0.3, -0.25) is 4.79 Å². The molecule has 2 aliphatic carbocycles. The number of nitrogens with two attached hydrogens (primary N) is 1. The Morgan fingerprint density at radius 1 is 1.30 bits per heavy atom. The van der Waals surface area contributed by atoms with Gasteiger partial charge in [0, 0.05) is 24.7 Å². The molecule has 3 nitrogen and oxygen atoms in total. The number of nitrogen functional groups attached to an aromatic ring is 1. The summed E-state index contributed by atoms with van der Waals surface area (Å²) in [6.07, 6.45) is 4.99. The number of hydrogen-bond donors (Lipinski definition) is 1. The van der Waals surface area contributed by atoms with Crippen LogP contribution in [0.25, 0.3) is 0 Å². The van der Waals surface area contributed by atoms with Crippen LogP contribution in [0.4, 0.5) is 5.69 Å². The number of benzene rings is 1. The van der Waals surface area contributed by atoms with Crippen LogP contribution in [0.2, 0.25) is 0 Å². The Morgan fingerprint density at radius 2 is 2.10 bits per heavy atom. The van der Waals surface area contributed by atoms with Gasteiger partial charge in [-0.1, -0.05) is 24.6 Å². The molecular formula is C17H24N2O. The molecule has 3 heteroatoms. The van der Waals surface area contributed by atoms with Crippen LogP contribution in [0.1, 0.15) is 38.2 Å². The number of rotatable bonds is 4. The van der Waals surface area contributed by atoms with Crippen LogP contribution in [0.3, 0.4) is 0 Å². The molecule has 108 valence electrons. The number of para-hydroxylation sites is 1. The zero-order valence-corrected chi connectivity index (χ0v) is 12.2. The fourth-order valence-electron chi connectivity index (χ4n) is 4.01. The van der Waals surface area contributed by atoms with E-state index in [4.69, 9.17) is 5.73 Å². The first-order valence-electron chi connectivity index (χ1n) is 7.81. The van der Waals surface area contributed by atoms with Gasteiger partial charge in [-0.05, 0) is 49.7 Å². The summed E-state index contributed by atoms with van der Waals surface area (Å²) >= 11 is 0. The summed E-state index contributed by atoms with van der Waals surface area (Å²) in [6.45, 7) is 3.47. The Morgan fingerprint density at radius 3 is 2.70 bits per heavy atom. The average Bonchev–Trinajstić information content (AvgIpc) is 3.08. The van der Waals surface area contributed by atoms with Gasteiger partial charge in [0.2, 0.25) is 5.91 Å². The highest BCUT2D eigenvalue weighted by molar-refractivity contribution is 5.79. The Bertz CT molecular complexity index is 500. The fourth-order valence-corrected chi connectivity index (χ4v) is 4.01. The topological polar surface area (TPSA) is 46.3 Å². The maximum Gasteiger partial charge on any atom is 0.226 e. The summed E-state index contributed by atoms with van der Waals surface area (Å²) in [5.41, 5.74) is 7.84. The number of amides is 1. The largest absolute Gasteiger partial charge is 0.398 e.